The molecule has 0 aromatic heterocycles. The predicted octanol–water partition coefficient (Wildman–Crippen LogP) is 4.70. The van der Waals surface area contributed by atoms with Crippen LogP contribution in [0.15, 0.2) is 60.7 Å². The first-order chi connectivity index (χ1) is 11.2. The van der Waals surface area contributed by atoms with Crippen molar-refractivity contribution in [2.24, 2.45) is 0 Å². The average molecular weight is 355 g/mol. The van der Waals surface area contributed by atoms with Crippen LogP contribution in [0.3, 0.4) is 0 Å². The smallest absolute Gasteiger partial charge is 0.0843 e. The van der Waals surface area contributed by atoms with Gasteiger partial charge in [0.25, 0.3) is 0 Å². The van der Waals surface area contributed by atoms with E-state index in [1.807, 2.05) is 12.1 Å². The van der Waals surface area contributed by atoms with Crippen molar-refractivity contribution < 1.29 is 0 Å². The first-order valence-corrected chi connectivity index (χ1v) is 10.4. The topological polar surface area (TPSA) is 0 Å². The zero-order valence-electron chi connectivity index (χ0n) is 12.5. The number of rotatable bonds is 1. The molecule has 23 heavy (non-hydrogen) atoms. The molecule has 1 aliphatic heterocycles. The second-order valence-electron chi connectivity index (χ2n) is 6.07. The molecule has 0 N–H and O–H groups in total. The van der Waals surface area contributed by atoms with E-state index >= 15 is 0 Å². The Morgan fingerprint density at radius 2 is 1.43 bits per heavy atom. The number of allylic oxidation sites excluding steroid dienone is 4. The Bertz CT molecular complexity index is 793. The molecule has 1 heterocycles. The van der Waals surface area contributed by atoms with Crippen molar-refractivity contribution >= 4 is 54.5 Å². The Labute approximate surface area is 148 Å². The minimum atomic E-state index is -1.47. The Hall–Kier alpha value is -1.54. The normalized spacial score (nSPS) is 19.3. The SMILES string of the molecule is Clc1ccc2c(c1)[SiH](C1C=CC=CC1)c1cc(Cl)ccc1C=C2. The van der Waals surface area contributed by atoms with Crippen LogP contribution in [-0.2, 0) is 0 Å². The van der Waals surface area contributed by atoms with E-state index < -0.39 is 8.80 Å². The van der Waals surface area contributed by atoms with Gasteiger partial charge >= 0.3 is 0 Å². The first-order valence-electron chi connectivity index (χ1n) is 7.83. The summed E-state index contributed by atoms with van der Waals surface area (Å²) in [4.78, 5) is 0. The third kappa shape index (κ3) is 2.85. The van der Waals surface area contributed by atoms with E-state index in [0.717, 1.165) is 16.5 Å². The maximum Gasteiger partial charge on any atom is 0.111 e. The Balaban J connectivity index is 1.96. The van der Waals surface area contributed by atoms with E-state index in [1.54, 1.807) is 0 Å². The third-order valence-electron chi connectivity index (χ3n) is 4.65. The summed E-state index contributed by atoms with van der Waals surface area (Å²) in [5.74, 6) is 0. The molecule has 0 saturated heterocycles. The van der Waals surface area contributed by atoms with Gasteiger partial charge in [-0.25, -0.2) is 0 Å². The van der Waals surface area contributed by atoms with Gasteiger partial charge in [-0.3, -0.25) is 0 Å². The van der Waals surface area contributed by atoms with Crippen LogP contribution in [0, 0.1) is 0 Å². The second kappa shape index (κ2) is 6.16. The molecule has 114 valence electrons. The fourth-order valence-electron chi connectivity index (χ4n) is 3.59. The van der Waals surface area contributed by atoms with Crippen molar-refractivity contribution in [3.8, 4) is 0 Å². The Kier molecular flexibility index (Phi) is 4.02. The molecular formula is C20H16Cl2Si. The van der Waals surface area contributed by atoms with Gasteiger partial charge in [0.05, 0.1) is 0 Å². The number of hydrogen-bond acceptors (Lipinski definition) is 0. The van der Waals surface area contributed by atoms with Crippen LogP contribution in [0.4, 0.5) is 0 Å². The number of fused-ring (bicyclic) bond motifs is 2. The minimum absolute atomic E-state index is 0.550. The lowest BCUT2D eigenvalue weighted by molar-refractivity contribution is 1.01. The molecule has 0 saturated carbocycles. The molecule has 2 aliphatic rings. The number of benzene rings is 2. The molecule has 1 atom stereocenters. The summed E-state index contributed by atoms with van der Waals surface area (Å²) in [6.07, 6.45) is 14.5. The largest absolute Gasteiger partial charge is 0.111 e. The second-order valence-corrected chi connectivity index (χ2v) is 10.00. The summed E-state index contributed by atoms with van der Waals surface area (Å²) in [7, 11) is -1.47. The third-order valence-corrected chi connectivity index (χ3v) is 8.81. The number of halogens is 2. The molecule has 0 amide bonds. The Morgan fingerprint density at radius 1 is 0.826 bits per heavy atom. The molecule has 0 fully saturated rings. The summed E-state index contributed by atoms with van der Waals surface area (Å²) in [6.45, 7) is 0. The van der Waals surface area contributed by atoms with Crippen molar-refractivity contribution in [1.82, 2.24) is 0 Å². The molecule has 2 aromatic carbocycles. The molecule has 4 rings (SSSR count). The summed E-state index contributed by atoms with van der Waals surface area (Å²) in [5.41, 5.74) is 3.14. The molecule has 0 radical (unpaired) electrons. The van der Waals surface area contributed by atoms with Gasteiger partial charge < -0.3 is 0 Å². The lowest BCUT2D eigenvalue weighted by Crippen LogP contribution is -2.47. The fraction of sp³-hybridized carbons (Fsp3) is 0.100. The molecule has 0 bridgehead atoms. The summed E-state index contributed by atoms with van der Waals surface area (Å²) in [5, 5.41) is 4.46. The molecule has 1 aliphatic carbocycles. The van der Waals surface area contributed by atoms with Crippen LogP contribution < -0.4 is 10.4 Å². The maximum absolute atomic E-state index is 6.33. The summed E-state index contributed by atoms with van der Waals surface area (Å²) in [6, 6.07) is 12.6. The monoisotopic (exact) mass is 354 g/mol. The van der Waals surface area contributed by atoms with Gasteiger partial charge in [0.2, 0.25) is 0 Å². The van der Waals surface area contributed by atoms with Crippen LogP contribution >= 0.6 is 23.2 Å². The van der Waals surface area contributed by atoms with Crippen LogP contribution in [0.25, 0.3) is 12.2 Å². The molecule has 0 spiro atoms. The highest BCUT2D eigenvalue weighted by Gasteiger charge is 2.30. The molecule has 0 nitrogen and oxygen atoms in total. The molecule has 3 heteroatoms. The van der Waals surface area contributed by atoms with Crippen molar-refractivity contribution in [1.29, 1.82) is 0 Å². The zero-order chi connectivity index (χ0) is 15.8. The van der Waals surface area contributed by atoms with Crippen LogP contribution in [0.5, 0.6) is 0 Å². The average Bonchev–Trinajstić information content (AvgIpc) is 2.71. The van der Waals surface area contributed by atoms with Gasteiger partial charge in [-0.2, -0.15) is 0 Å². The van der Waals surface area contributed by atoms with Gasteiger partial charge in [-0.05, 0) is 57.7 Å². The van der Waals surface area contributed by atoms with Crippen molar-refractivity contribution in [3.05, 3.63) is 81.9 Å². The highest BCUT2D eigenvalue weighted by Crippen LogP contribution is 2.27. The van der Waals surface area contributed by atoms with Crippen molar-refractivity contribution in [2.45, 2.75) is 12.0 Å². The molecule has 1 unspecified atom stereocenters. The quantitative estimate of drug-likeness (QED) is 0.650. The molecular weight excluding hydrogens is 339 g/mol. The van der Waals surface area contributed by atoms with Gasteiger partial charge in [0.15, 0.2) is 0 Å². The summed E-state index contributed by atoms with van der Waals surface area (Å²) >= 11 is 12.7. The Morgan fingerprint density at radius 3 is 1.96 bits per heavy atom. The highest BCUT2D eigenvalue weighted by molar-refractivity contribution is 6.88. The van der Waals surface area contributed by atoms with Crippen molar-refractivity contribution in [3.63, 3.8) is 0 Å². The van der Waals surface area contributed by atoms with E-state index in [-0.39, 0.29) is 0 Å². The lowest BCUT2D eigenvalue weighted by atomic mass is 10.1. The van der Waals surface area contributed by atoms with Crippen LogP contribution in [0.1, 0.15) is 17.5 Å². The zero-order valence-corrected chi connectivity index (χ0v) is 15.2. The summed E-state index contributed by atoms with van der Waals surface area (Å²) < 4.78 is 0. The van der Waals surface area contributed by atoms with E-state index in [0.29, 0.717) is 5.54 Å². The van der Waals surface area contributed by atoms with Crippen molar-refractivity contribution in [2.75, 3.05) is 0 Å². The van der Waals surface area contributed by atoms with E-state index in [2.05, 4.69) is 60.7 Å². The highest BCUT2D eigenvalue weighted by atomic mass is 35.5. The first kappa shape index (κ1) is 15.0. The standard InChI is InChI=1S/C20H16Cl2Si/c21-16-10-8-14-6-7-15-9-11-17(22)13-20(15)23(19(14)12-16)18-4-2-1-3-5-18/h1-4,6-13,18,23H,5H2. The van der Waals surface area contributed by atoms with E-state index in [9.17, 15) is 0 Å². The number of hydrogen-bond donors (Lipinski definition) is 0. The van der Waals surface area contributed by atoms with Gasteiger partial charge in [0, 0.05) is 10.0 Å². The van der Waals surface area contributed by atoms with E-state index in [1.165, 1.54) is 21.5 Å². The van der Waals surface area contributed by atoms with Gasteiger partial charge in [-0.15, -0.1) is 0 Å². The van der Waals surface area contributed by atoms with Gasteiger partial charge in [-0.1, -0.05) is 71.8 Å². The van der Waals surface area contributed by atoms with Gasteiger partial charge in [0.1, 0.15) is 8.80 Å². The van der Waals surface area contributed by atoms with Crippen LogP contribution in [-0.4, -0.2) is 8.80 Å². The maximum atomic E-state index is 6.33. The van der Waals surface area contributed by atoms with Crippen LogP contribution in [0.2, 0.25) is 15.6 Å². The minimum Gasteiger partial charge on any atom is -0.0843 e. The fourth-order valence-corrected chi connectivity index (χ4v) is 8.02. The van der Waals surface area contributed by atoms with E-state index in [4.69, 9.17) is 23.2 Å². The predicted molar refractivity (Wildman–Crippen MR) is 105 cm³/mol. The molecule has 2 aromatic rings. The lowest BCUT2D eigenvalue weighted by Gasteiger charge is -2.26.